The number of rotatable bonds is 2. The van der Waals surface area contributed by atoms with Crippen LogP contribution in [0.15, 0.2) is 18.2 Å². The molecular weight excluding hydrogens is 235 g/mol. The van der Waals surface area contributed by atoms with Gasteiger partial charge in [-0.2, -0.15) is 0 Å². The van der Waals surface area contributed by atoms with E-state index in [0.29, 0.717) is 12.5 Å². The summed E-state index contributed by atoms with van der Waals surface area (Å²) in [5, 5.41) is 1.09. The number of hydrogen-bond acceptors (Lipinski definition) is 3. The average Bonchev–Trinajstić information content (AvgIpc) is 2.84. The Morgan fingerprint density at radius 1 is 1.53 bits per heavy atom. The predicted octanol–water partition coefficient (Wildman–Crippen LogP) is 2.92. The summed E-state index contributed by atoms with van der Waals surface area (Å²) in [4.78, 5) is 5.89. The fourth-order valence-corrected chi connectivity index (χ4v) is 3.29. The average molecular weight is 248 g/mol. The summed E-state index contributed by atoms with van der Waals surface area (Å²) in [6.45, 7) is 2.70. The van der Waals surface area contributed by atoms with Crippen LogP contribution in [0, 0.1) is 5.82 Å². The molecule has 1 aliphatic carbocycles. The van der Waals surface area contributed by atoms with E-state index < -0.39 is 0 Å². The van der Waals surface area contributed by atoms with E-state index in [1.54, 1.807) is 17.4 Å². The third kappa shape index (κ3) is 1.68. The molecule has 0 fully saturated rings. The molecular formula is C13H13FN2S. The van der Waals surface area contributed by atoms with Crippen molar-refractivity contribution in [2.45, 2.75) is 19.3 Å². The summed E-state index contributed by atoms with van der Waals surface area (Å²) in [6.07, 6.45) is 0.803. The van der Waals surface area contributed by atoms with E-state index in [9.17, 15) is 4.39 Å². The molecule has 0 aliphatic heterocycles. The minimum atomic E-state index is -0.172. The molecule has 1 aliphatic rings. The molecule has 0 saturated carbocycles. The van der Waals surface area contributed by atoms with Crippen molar-refractivity contribution >= 4 is 11.3 Å². The molecule has 2 N–H and O–H groups in total. The second kappa shape index (κ2) is 3.89. The van der Waals surface area contributed by atoms with Crippen molar-refractivity contribution in [3.8, 4) is 11.3 Å². The normalized spacial score (nSPS) is 14.5. The molecule has 1 atom stereocenters. The number of fused-ring (bicyclic) bond motifs is 3. The van der Waals surface area contributed by atoms with Gasteiger partial charge in [-0.05, 0) is 23.8 Å². The van der Waals surface area contributed by atoms with Gasteiger partial charge in [-0.25, -0.2) is 9.37 Å². The van der Waals surface area contributed by atoms with Crippen LogP contribution in [0.1, 0.15) is 28.3 Å². The minimum absolute atomic E-state index is 0.172. The Hall–Kier alpha value is -1.26. The maximum atomic E-state index is 13.1. The van der Waals surface area contributed by atoms with Crippen LogP contribution in [0.3, 0.4) is 0 Å². The lowest BCUT2D eigenvalue weighted by Gasteiger charge is -2.03. The van der Waals surface area contributed by atoms with E-state index >= 15 is 0 Å². The predicted molar refractivity (Wildman–Crippen MR) is 67.8 cm³/mol. The Morgan fingerprint density at radius 3 is 3.12 bits per heavy atom. The van der Waals surface area contributed by atoms with Crippen LogP contribution in [0.4, 0.5) is 4.39 Å². The van der Waals surface area contributed by atoms with E-state index in [1.807, 2.05) is 6.07 Å². The molecule has 2 aromatic rings. The molecule has 1 unspecified atom stereocenters. The zero-order valence-corrected chi connectivity index (χ0v) is 10.4. The van der Waals surface area contributed by atoms with Gasteiger partial charge in [0.2, 0.25) is 0 Å². The Balaban J connectivity index is 2.06. The summed E-state index contributed by atoms with van der Waals surface area (Å²) in [6, 6.07) is 4.93. The van der Waals surface area contributed by atoms with Crippen LogP contribution < -0.4 is 5.73 Å². The van der Waals surface area contributed by atoms with Crippen molar-refractivity contribution in [1.82, 2.24) is 4.98 Å². The van der Waals surface area contributed by atoms with Crippen molar-refractivity contribution in [2.75, 3.05) is 6.54 Å². The van der Waals surface area contributed by atoms with Crippen LogP contribution in [0.2, 0.25) is 0 Å². The summed E-state index contributed by atoms with van der Waals surface area (Å²) in [7, 11) is 0. The molecule has 0 saturated heterocycles. The minimum Gasteiger partial charge on any atom is -0.330 e. The molecule has 88 valence electrons. The lowest BCUT2D eigenvalue weighted by atomic mass is 10.1. The second-order valence-corrected chi connectivity index (χ2v) is 5.55. The Bertz CT molecular complexity index is 577. The van der Waals surface area contributed by atoms with Crippen LogP contribution in [0.5, 0.6) is 0 Å². The number of nitrogens with zero attached hydrogens (tertiary/aromatic N) is 1. The number of benzene rings is 1. The highest BCUT2D eigenvalue weighted by Crippen LogP contribution is 2.40. The highest BCUT2D eigenvalue weighted by Gasteiger charge is 2.24. The summed E-state index contributed by atoms with van der Waals surface area (Å²) in [5.41, 5.74) is 8.81. The lowest BCUT2D eigenvalue weighted by Crippen LogP contribution is -2.08. The first-order chi connectivity index (χ1) is 8.19. The molecule has 1 heterocycles. The van der Waals surface area contributed by atoms with Gasteiger partial charge < -0.3 is 5.73 Å². The topological polar surface area (TPSA) is 38.9 Å². The number of aromatic nitrogens is 1. The number of thiazole rings is 1. The highest BCUT2D eigenvalue weighted by molar-refractivity contribution is 7.12. The van der Waals surface area contributed by atoms with Crippen molar-refractivity contribution < 1.29 is 4.39 Å². The first-order valence-electron chi connectivity index (χ1n) is 5.67. The van der Waals surface area contributed by atoms with E-state index in [2.05, 4.69) is 11.9 Å². The van der Waals surface area contributed by atoms with Gasteiger partial charge >= 0.3 is 0 Å². The number of nitrogens with two attached hydrogens (primary N) is 1. The van der Waals surface area contributed by atoms with Gasteiger partial charge in [-0.15, -0.1) is 11.3 Å². The van der Waals surface area contributed by atoms with Gasteiger partial charge in [0, 0.05) is 29.3 Å². The molecule has 0 spiro atoms. The fourth-order valence-electron chi connectivity index (χ4n) is 2.12. The van der Waals surface area contributed by atoms with E-state index in [1.165, 1.54) is 10.9 Å². The second-order valence-electron chi connectivity index (χ2n) is 4.44. The standard InChI is InChI=1S/C13H13FN2S/c1-7(6-15)13-16-12-10-3-2-9(14)4-8(10)5-11(12)17-13/h2-4,7H,5-6,15H2,1H3. The van der Waals surface area contributed by atoms with Crippen molar-refractivity contribution in [3.63, 3.8) is 0 Å². The first kappa shape index (κ1) is 10.9. The van der Waals surface area contributed by atoms with Gasteiger partial charge in [0.25, 0.3) is 0 Å². The Kier molecular flexibility index (Phi) is 2.49. The lowest BCUT2D eigenvalue weighted by molar-refractivity contribution is 0.626. The smallest absolute Gasteiger partial charge is 0.123 e. The van der Waals surface area contributed by atoms with Crippen molar-refractivity contribution in [3.05, 3.63) is 39.5 Å². The van der Waals surface area contributed by atoms with Gasteiger partial charge in [0.05, 0.1) is 10.7 Å². The van der Waals surface area contributed by atoms with Gasteiger partial charge in [-0.3, -0.25) is 0 Å². The monoisotopic (exact) mass is 248 g/mol. The zero-order chi connectivity index (χ0) is 12.0. The molecule has 0 amide bonds. The molecule has 1 aromatic carbocycles. The quantitative estimate of drug-likeness (QED) is 0.757. The Labute approximate surface area is 103 Å². The third-order valence-corrected chi connectivity index (χ3v) is 4.45. The molecule has 3 rings (SSSR count). The largest absolute Gasteiger partial charge is 0.330 e. The molecule has 2 nitrogen and oxygen atoms in total. The molecule has 4 heteroatoms. The van der Waals surface area contributed by atoms with Crippen molar-refractivity contribution in [1.29, 1.82) is 0 Å². The molecule has 17 heavy (non-hydrogen) atoms. The highest BCUT2D eigenvalue weighted by atomic mass is 32.1. The SMILES string of the molecule is CC(CN)c1nc2c(s1)Cc1cc(F)ccc1-2. The van der Waals surface area contributed by atoms with E-state index in [-0.39, 0.29) is 5.82 Å². The summed E-state index contributed by atoms with van der Waals surface area (Å²) < 4.78 is 13.1. The van der Waals surface area contributed by atoms with Crippen LogP contribution in [-0.4, -0.2) is 11.5 Å². The molecule has 0 bridgehead atoms. The van der Waals surface area contributed by atoms with Gasteiger partial charge in [0.1, 0.15) is 5.82 Å². The van der Waals surface area contributed by atoms with Crippen LogP contribution >= 0.6 is 11.3 Å². The Morgan fingerprint density at radius 2 is 2.35 bits per heavy atom. The third-order valence-electron chi connectivity index (χ3n) is 3.16. The van der Waals surface area contributed by atoms with Gasteiger partial charge in [-0.1, -0.05) is 6.92 Å². The van der Waals surface area contributed by atoms with Gasteiger partial charge in [0.15, 0.2) is 0 Å². The van der Waals surface area contributed by atoms with E-state index in [0.717, 1.165) is 28.2 Å². The fraction of sp³-hybridized carbons (Fsp3) is 0.308. The molecule has 0 radical (unpaired) electrons. The maximum absolute atomic E-state index is 13.1. The zero-order valence-electron chi connectivity index (χ0n) is 9.53. The van der Waals surface area contributed by atoms with Crippen LogP contribution in [-0.2, 0) is 6.42 Å². The van der Waals surface area contributed by atoms with Crippen molar-refractivity contribution in [2.24, 2.45) is 5.73 Å². The number of halogens is 1. The molecule has 1 aromatic heterocycles. The number of hydrogen-bond donors (Lipinski definition) is 1. The summed E-state index contributed by atoms with van der Waals surface area (Å²) in [5.74, 6) is 0.129. The van der Waals surface area contributed by atoms with E-state index in [4.69, 9.17) is 5.73 Å². The first-order valence-corrected chi connectivity index (χ1v) is 6.49. The maximum Gasteiger partial charge on any atom is 0.123 e. The summed E-state index contributed by atoms with van der Waals surface area (Å²) >= 11 is 1.70. The van der Waals surface area contributed by atoms with Crippen LogP contribution in [0.25, 0.3) is 11.3 Å².